The summed E-state index contributed by atoms with van der Waals surface area (Å²) >= 11 is 5.52. The molecule has 3 N–H and O–H groups in total. The van der Waals surface area contributed by atoms with Crippen LogP contribution in [0.2, 0.25) is 0 Å². The molecule has 5 nitrogen and oxygen atoms in total. The average molecular weight is 258 g/mol. The number of anilines is 1. The Hall–Kier alpha value is -1.75. The first kappa shape index (κ1) is 13.3. The Morgan fingerprint density at radius 1 is 1.47 bits per heavy atom. The predicted octanol–water partition coefficient (Wildman–Crippen LogP) is 1.90. The van der Waals surface area contributed by atoms with Gasteiger partial charge < -0.3 is 15.5 Å². The number of carbonyl (C=O) groups excluding carboxylic acids is 1. The van der Waals surface area contributed by atoms with Gasteiger partial charge in [-0.25, -0.2) is 4.79 Å². The van der Waals surface area contributed by atoms with Crippen molar-refractivity contribution in [1.82, 2.24) is 0 Å². The molecular formula is C11H12ClNO4. The highest BCUT2D eigenvalue weighted by atomic mass is 35.5. The van der Waals surface area contributed by atoms with Crippen LogP contribution in [0.1, 0.15) is 17.3 Å². The lowest BCUT2D eigenvalue weighted by Crippen LogP contribution is -2.21. The van der Waals surface area contributed by atoms with E-state index in [0.717, 1.165) is 0 Å². The largest absolute Gasteiger partial charge is 0.506 e. The number of aromatic hydroxyl groups is 1. The molecule has 1 atom stereocenters. The van der Waals surface area contributed by atoms with E-state index in [1.54, 1.807) is 6.92 Å². The highest BCUT2D eigenvalue weighted by Gasteiger charge is 2.14. The molecule has 0 heterocycles. The van der Waals surface area contributed by atoms with Gasteiger partial charge in [0.2, 0.25) is 5.91 Å². The Morgan fingerprint density at radius 3 is 2.65 bits per heavy atom. The maximum absolute atomic E-state index is 11.5. The van der Waals surface area contributed by atoms with Gasteiger partial charge in [-0.3, -0.25) is 4.79 Å². The summed E-state index contributed by atoms with van der Waals surface area (Å²) in [7, 11) is 0. The van der Waals surface area contributed by atoms with Crippen LogP contribution in [0.3, 0.4) is 0 Å². The third kappa shape index (κ3) is 3.35. The van der Waals surface area contributed by atoms with Gasteiger partial charge in [0.05, 0.1) is 11.3 Å². The van der Waals surface area contributed by atoms with Gasteiger partial charge in [0, 0.05) is 11.8 Å². The first-order valence-corrected chi connectivity index (χ1v) is 5.42. The number of halogens is 1. The molecule has 1 amide bonds. The van der Waals surface area contributed by atoms with Gasteiger partial charge in [-0.2, -0.15) is 0 Å². The van der Waals surface area contributed by atoms with Gasteiger partial charge in [0.1, 0.15) is 5.75 Å². The van der Waals surface area contributed by atoms with E-state index in [9.17, 15) is 14.7 Å². The molecule has 92 valence electrons. The van der Waals surface area contributed by atoms with E-state index in [-0.39, 0.29) is 28.8 Å². The zero-order valence-electron chi connectivity index (χ0n) is 9.11. The van der Waals surface area contributed by atoms with E-state index in [4.69, 9.17) is 16.7 Å². The standard InChI is InChI=1S/C11H12ClNO4/c1-6(5-12)10(15)13-8-4-7(11(16)17)2-3-9(8)14/h2-4,6,14H,5H2,1H3,(H,13,15)(H,16,17). The van der Waals surface area contributed by atoms with Crippen LogP contribution < -0.4 is 5.32 Å². The van der Waals surface area contributed by atoms with E-state index >= 15 is 0 Å². The number of phenolic OH excluding ortho intramolecular Hbond substituents is 1. The van der Waals surface area contributed by atoms with Crippen molar-refractivity contribution in [1.29, 1.82) is 0 Å². The Labute approximate surface area is 103 Å². The summed E-state index contributed by atoms with van der Waals surface area (Å²) in [6.07, 6.45) is 0. The van der Waals surface area contributed by atoms with E-state index in [1.807, 2.05) is 0 Å². The van der Waals surface area contributed by atoms with E-state index in [2.05, 4.69) is 5.32 Å². The number of carboxylic acids is 1. The lowest BCUT2D eigenvalue weighted by molar-refractivity contribution is -0.118. The summed E-state index contributed by atoms with van der Waals surface area (Å²) in [6.45, 7) is 1.63. The first-order chi connectivity index (χ1) is 7.95. The van der Waals surface area contributed by atoms with Crippen LogP contribution >= 0.6 is 11.6 Å². The summed E-state index contributed by atoms with van der Waals surface area (Å²) in [4.78, 5) is 22.2. The Balaban J connectivity index is 2.94. The fraction of sp³-hybridized carbons (Fsp3) is 0.273. The van der Waals surface area contributed by atoms with Crippen LogP contribution in [0, 0.1) is 5.92 Å². The lowest BCUT2D eigenvalue weighted by Gasteiger charge is -2.11. The molecule has 0 saturated heterocycles. The van der Waals surface area contributed by atoms with Gasteiger partial charge in [0.25, 0.3) is 0 Å². The van der Waals surface area contributed by atoms with Crippen LogP contribution in [0.4, 0.5) is 5.69 Å². The number of hydrogen-bond donors (Lipinski definition) is 3. The topological polar surface area (TPSA) is 86.6 Å². The SMILES string of the molecule is CC(CCl)C(=O)Nc1cc(C(=O)O)ccc1O. The molecule has 0 aliphatic carbocycles. The summed E-state index contributed by atoms with van der Waals surface area (Å²) in [5.74, 6) is -1.98. The number of hydrogen-bond acceptors (Lipinski definition) is 3. The summed E-state index contributed by atoms with van der Waals surface area (Å²) in [6, 6.07) is 3.65. The number of rotatable bonds is 4. The van der Waals surface area contributed by atoms with E-state index < -0.39 is 11.9 Å². The number of amides is 1. The number of alkyl halides is 1. The minimum absolute atomic E-state index is 0.0170. The van der Waals surface area contributed by atoms with Crippen LogP contribution in [0.5, 0.6) is 5.75 Å². The quantitative estimate of drug-likeness (QED) is 0.568. The molecule has 0 spiro atoms. The molecule has 0 aliphatic rings. The first-order valence-electron chi connectivity index (χ1n) is 4.89. The van der Waals surface area contributed by atoms with Crippen molar-refractivity contribution in [2.75, 3.05) is 11.2 Å². The summed E-state index contributed by atoms with van der Waals surface area (Å²) < 4.78 is 0. The maximum Gasteiger partial charge on any atom is 0.335 e. The second kappa shape index (κ2) is 5.54. The van der Waals surface area contributed by atoms with Gasteiger partial charge >= 0.3 is 5.97 Å². The number of phenols is 1. The molecule has 1 rings (SSSR count). The molecule has 1 unspecified atom stereocenters. The number of nitrogens with one attached hydrogen (secondary N) is 1. The molecule has 1 aromatic rings. The Kier molecular flexibility index (Phi) is 4.34. The number of carboxylic acid groups (broad SMARTS) is 1. The minimum atomic E-state index is -1.13. The number of benzene rings is 1. The second-order valence-corrected chi connectivity index (χ2v) is 3.89. The maximum atomic E-state index is 11.5. The third-order valence-corrected chi connectivity index (χ3v) is 2.64. The normalized spacial score (nSPS) is 11.9. The van der Waals surface area contributed by atoms with Crippen molar-refractivity contribution in [2.45, 2.75) is 6.92 Å². The molecule has 0 aliphatic heterocycles. The zero-order valence-corrected chi connectivity index (χ0v) is 9.86. The molecule has 1 aromatic carbocycles. The third-order valence-electron chi connectivity index (χ3n) is 2.18. The molecule has 0 aromatic heterocycles. The van der Waals surface area contributed by atoms with Crippen molar-refractivity contribution in [2.24, 2.45) is 5.92 Å². The Bertz CT molecular complexity index is 447. The Morgan fingerprint density at radius 2 is 2.12 bits per heavy atom. The average Bonchev–Trinajstić information content (AvgIpc) is 2.30. The summed E-state index contributed by atoms with van der Waals surface area (Å²) in [5.41, 5.74) is 0.0449. The molecule has 6 heteroatoms. The smallest absolute Gasteiger partial charge is 0.335 e. The zero-order chi connectivity index (χ0) is 13.0. The fourth-order valence-corrected chi connectivity index (χ4v) is 1.24. The fourth-order valence-electron chi connectivity index (χ4n) is 1.10. The highest BCUT2D eigenvalue weighted by Crippen LogP contribution is 2.24. The van der Waals surface area contributed by atoms with Crippen LogP contribution in [0.25, 0.3) is 0 Å². The minimum Gasteiger partial charge on any atom is -0.506 e. The highest BCUT2D eigenvalue weighted by molar-refractivity contribution is 6.19. The predicted molar refractivity (Wildman–Crippen MR) is 63.6 cm³/mol. The lowest BCUT2D eigenvalue weighted by atomic mass is 10.1. The second-order valence-electron chi connectivity index (χ2n) is 3.58. The monoisotopic (exact) mass is 257 g/mol. The van der Waals surface area contributed by atoms with Crippen molar-refractivity contribution in [3.8, 4) is 5.75 Å². The molecule has 17 heavy (non-hydrogen) atoms. The van der Waals surface area contributed by atoms with Crippen LogP contribution in [0.15, 0.2) is 18.2 Å². The van der Waals surface area contributed by atoms with Gasteiger partial charge in [-0.1, -0.05) is 6.92 Å². The summed E-state index contributed by atoms with van der Waals surface area (Å²) in [5, 5.41) is 20.7. The van der Waals surface area contributed by atoms with Gasteiger partial charge in [0.15, 0.2) is 0 Å². The number of carbonyl (C=O) groups is 2. The molecule has 0 bridgehead atoms. The van der Waals surface area contributed by atoms with Crippen molar-refractivity contribution < 1.29 is 19.8 Å². The molecule has 0 fully saturated rings. The van der Waals surface area contributed by atoms with Gasteiger partial charge in [-0.15, -0.1) is 11.6 Å². The van der Waals surface area contributed by atoms with Crippen molar-refractivity contribution in [3.63, 3.8) is 0 Å². The van der Waals surface area contributed by atoms with Crippen LogP contribution in [-0.2, 0) is 4.79 Å². The van der Waals surface area contributed by atoms with Crippen LogP contribution in [-0.4, -0.2) is 28.0 Å². The molecular weight excluding hydrogens is 246 g/mol. The van der Waals surface area contributed by atoms with E-state index in [1.165, 1.54) is 18.2 Å². The molecule has 0 radical (unpaired) electrons. The van der Waals surface area contributed by atoms with Crippen molar-refractivity contribution >= 4 is 29.2 Å². The van der Waals surface area contributed by atoms with Crippen molar-refractivity contribution in [3.05, 3.63) is 23.8 Å². The van der Waals surface area contributed by atoms with E-state index in [0.29, 0.717) is 0 Å². The molecule has 0 saturated carbocycles. The van der Waals surface area contributed by atoms with Gasteiger partial charge in [-0.05, 0) is 18.2 Å². The number of aromatic carboxylic acids is 1.